The van der Waals surface area contributed by atoms with Crippen molar-refractivity contribution in [3.63, 3.8) is 0 Å². The number of aromatic nitrogens is 2. The number of ether oxygens (including phenoxy) is 1. The van der Waals surface area contributed by atoms with Crippen LogP contribution in [-0.4, -0.2) is 58.5 Å². The van der Waals surface area contributed by atoms with Crippen LogP contribution in [0.4, 0.5) is 0 Å². The Morgan fingerprint density at radius 1 is 1.41 bits per heavy atom. The number of rotatable bonds is 3. The highest BCUT2D eigenvalue weighted by Gasteiger charge is 2.37. The highest BCUT2D eigenvalue weighted by molar-refractivity contribution is 6.04. The summed E-state index contributed by atoms with van der Waals surface area (Å²) in [6.45, 7) is 0. The maximum atomic E-state index is 12.8. The van der Waals surface area contributed by atoms with E-state index in [0.29, 0.717) is 5.69 Å². The summed E-state index contributed by atoms with van der Waals surface area (Å²) in [4.78, 5) is 14.3. The van der Waals surface area contributed by atoms with Crippen molar-refractivity contribution in [1.29, 1.82) is 0 Å². The smallest absolute Gasteiger partial charge is 0.275 e. The summed E-state index contributed by atoms with van der Waals surface area (Å²) in [5.41, 5.74) is 1.23. The second-order valence-electron chi connectivity index (χ2n) is 5.80. The number of fused-ring (bicyclic) bond motifs is 1. The summed E-state index contributed by atoms with van der Waals surface area (Å²) >= 11 is 0. The van der Waals surface area contributed by atoms with Crippen LogP contribution in [0.2, 0.25) is 0 Å². The number of methoxy groups -OCH3 is 1. The van der Waals surface area contributed by atoms with Gasteiger partial charge in [-0.2, -0.15) is 5.10 Å². The maximum absolute atomic E-state index is 12.8. The number of nitrogens with one attached hydrogen (secondary N) is 1. The molecule has 3 rings (SSSR count). The van der Waals surface area contributed by atoms with Gasteiger partial charge in [0.05, 0.1) is 17.7 Å². The van der Waals surface area contributed by atoms with E-state index >= 15 is 0 Å². The largest absolute Gasteiger partial charge is 0.388 e. The SMILES string of the molecule is CO[C@@H]1CCC[C@@H](N(C)C(=O)c2n[nH]c3ccccc23)[C@H]1O. The first-order chi connectivity index (χ1) is 10.6. The van der Waals surface area contributed by atoms with Gasteiger partial charge in [-0.1, -0.05) is 18.2 Å². The van der Waals surface area contributed by atoms with Crippen molar-refractivity contribution in [2.45, 2.75) is 37.5 Å². The van der Waals surface area contributed by atoms with Crippen LogP contribution < -0.4 is 0 Å². The number of H-pyrrole nitrogens is 1. The van der Waals surface area contributed by atoms with Crippen LogP contribution in [-0.2, 0) is 4.74 Å². The molecule has 0 saturated heterocycles. The molecule has 0 bridgehead atoms. The van der Waals surface area contributed by atoms with E-state index < -0.39 is 6.10 Å². The van der Waals surface area contributed by atoms with Gasteiger partial charge in [0.15, 0.2) is 5.69 Å². The number of amides is 1. The number of nitrogens with zero attached hydrogens (tertiary/aromatic N) is 2. The second-order valence-corrected chi connectivity index (χ2v) is 5.80. The lowest BCUT2D eigenvalue weighted by Gasteiger charge is -2.38. The zero-order valence-electron chi connectivity index (χ0n) is 12.8. The molecule has 1 aromatic heterocycles. The van der Waals surface area contributed by atoms with E-state index in [2.05, 4.69) is 10.2 Å². The van der Waals surface area contributed by atoms with Gasteiger partial charge in [0.2, 0.25) is 0 Å². The number of hydrogen-bond acceptors (Lipinski definition) is 4. The van der Waals surface area contributed by atoms with Crippen LogP contribution in [0.5, 0.6) is 0 Å². The molecule has 1 aliphatic rings. The average Bonchev–Trinajstić information content (AvgIpc) is 2.98. The molecule has 1 aliphatic carbocycles. The first-order valence-corrected chi connectivity index (χ1v) is 7.54. The van der Waals surface area contributed by atoms with Gasteiger partial charge in [0.25, 0.3) is 5.91 Å². The fourth-order valence-corrected chi connectivity index (χ4v) is 3.24. The summed E-state index contributed by atoms with van der Waals surface area (Å²) in [6, 6.07) is 7.28. The summed E-state index contributed by atoms with van der Waals surface area (Å²) in [7, 11) is 3.32. The topological polar surface area (TPSA) is 78.5 Å². The Morgan fingerprint density at radius 3 is 2.95 bits per heavy atom. The fourth-order valence-electron chi connectivity index (χ4n) is 3.24. The Labute approximate surface area is 129 Å². The Balaban J connectivity index is 1.85. The Bertz CT molecular complexity index is 669. The van der Waals surface area contributed by atoms with Gasteiger partial charge in [0, 0.05) is 19.5 Å². The fraction of sp³-hybridized carbons (Fsp3) is 0.500. The number of benzene rings is 1. The van der Waals surface area contributed by atoms with Gasteiger partial charge in [-0.05, 0) is 25.3 Å². The van der Waals surface area contributed by atoms with E-state index in [1.54, 1.807) is 19.1 Å². The lowest BCUT2D eigenvalue weighted by atomic mass is 9.89. The van der Waals surface area contributed by atoms with Gasteiger partial charge < -0.3 is 14.7 Å². The molecule has 0 radical (unpaired) electrons. The Hall–Kier alpha value is -1.92. The molecule has 1 fully saturated rings. The first-order valence-electron chi connectivity index (χ1n) is 7.54. The van der Waals surface area contributed by atoms with Crippen LogP contribution in [0, 0.1) is 0 Å². The highest BCUT2D eigenvalue weighted by Crippen LogP contribution is 2.26. The van der Waals surface area contributed by atoms with Crippen LogP contribution >= 0.6 is 0 Å². The molecule has 118 valence electrons. The normalized spacial score (nSPS) is 25.3. The van der Waals surface area contributed by atoms with Crippen molar-refractivity contribution in [2.75, 3.05) is 14.2 Å². The Morgan fingerprint density at radius 2 is 2.18 bits per heavy atom. The van der Waals surface area contributed by atoms with Crippen molar-refractivity contribution in [2.24, 2.45) is 0 Å². The predicted molar refractivity (Wildman–Crippen MR) is 82.6 cm³/mol. The number of aliphatic hydroxyl groups excluding tert-OH is 1. The molecule has 2 aromatic rings. The van der Waals surface area contributed by atoms with Gasteiger partial charge in [0.1, 0.15) is 6.10 Å². The molecule has 1 saturated carbocycles. The van der Waals surface area contributed by atoms with E-state index in [1.165, 1.54) is 0 Å². The molecule has 2 N–H and O–H groups in total. The van der Waals surface area contributed by atoms with E-state index in [4.69, 9.17) is 4.74 Å². The van der Waals surface area contributed by atoms with Gasteiger partial charge in [-0.3, -0.25) is 9.89 Å². The molecule has 0 unspecified atom stereocenters. The number of hydrogen-bond donors (Lipinski definition) is 2. The van der Waals surface area contributed by atoms with Crippen molar-refractivity contribution >= 4 is 16.8 Å². The standard InChI is InChI=1S/C16H21N3O3/c1-19(12-8-5-9-13(22-2)15(12)20)16(21)14-10-6-3-4-7-11(10)17-18-14/h3-4,6-7,12-13,15,20H,5,8-9H2,1-2H3,(H,17,18)/t12-,13-,15-/m1/s1. The summed E-state index contributed by atoms with van der Waals surface area (Å²) < 4.78 is 5.31. The Kier molecular flexibility index (Phi) is 4.13. The van der Waals surface area contributed by atoms with E-state index in [1.807, 2.05) is 24.3 Å². The molecule has 1 heterocycles. The van der Waals surface area contributed by atoms with Crippen LogP contribution in [0.3, 0.4) is 0 Å². The number of carbonyl (C=O) groups excluding carboxylic acids is 1. The molecule has 0 aliphatic heterocycles. The number of para-hydroxylation sites is 1. The van der Waals surface area contributed by atoms with Crippen LogP contribution in [0.1, 0.15) is 29.8 Å². The van der Waals surface area contributed by atoms with E-state index in [-0.39, 0.29) is 18.1 Å². The third kappa shape index (κ3) is 2.48. The number of likely N-dealkylation sites (N-methyl/N-ethyl adjacent to an activating group) is 1. The number of aromatic amines is 1. The number of carbonyl (C=O) groups is 1. The molecular weight excluding hydrogens is 282 g/mol. The van der Waals surface area contributed by atoms with Gasteiger partial charge in [-0.15, -0.1) is 0 Å². The minimum atomic E-state index is -0.669. The second kappa shape index (κ2) is 6.06. The van der Waals surface area contributed by atoms with Crippen molar-refractivity contribution in [3.8, 4) is 0 Å². The lowest BCUT2D eigenvalue weighted by molar-refractivity contribution is -0.0715. The molecule has 22 heavy (non-hydrogen) atoms. The van der Waals surface area contributed by atoms with E-state index in [0.717, 1.165) is 30.2 Å². The summed E-state index contributed by atoms with van der Waals surface area (Å²) in [6.07, 6.45) is 1.63. The quantitative estimate of drug-likeness (QED) is 0.902. The highest BCUT2D eigenvalue weighted by atomic mass is 16.5. The van der Waals surface area contributed by atoms with Gasteiger partial charge >= 0.3 is 0 Å². The monoisotopic (exact) mass is 303 g/mol. The minimum absolute atomic E-state index is 0.182. The zero-order valence-corrected chi connectivity index (χ0v) is 12.8. The lowest BCUT2D eigenvalue weighted by Crippen LogP contribution is -2.52. The third-order valence-corrected chi connectivity index (χ3v) is 4.56. The van der Waals surface area contributed by atoms with Crippen molar-refractivity contribution < 1.29 is 14.6 Å². The van der Waals surface area contributed by atoms with Crippen LogP contribution in [0.15, 0.2) is 24.3 Å². The molecular formula is C16H21N3O3. The zero-order chi connectivity index (χ0) is 15.7. The molecule has 1 aromatic carbocycles. The minimum Gasteiger partial charge on any atom is -0.388 e. The molecule has 1 amide bonds. The summed E-state index contributed by atoms with van der Waals surface area (Å²) in [5, 5.41) is 18.2. The van der Waals surface area contributed by atoms with Crippen molar-refractivity contribution in [1.82, 2.24) is 15.1 Å². The number of aliphatic hydroxyl groups is 1. The van der Waals surface area contributed by atoms with Crippen LogP contribution in [0.25, 0.3) is 10.9 Å². The molecule has 6 nitrogen and oxygen atoms in total. The van der Waals surface area contributed by atoms with Gasteiger partial charge in [-0.25, -0.2) is 0 Å². The molecule has 0 spiro atoms. The predicted octanol–water partition coefficient (Wildman–Crippen LogP) is 1.56. The first kappa shape index (κ1) is 15.0. The van der Waals surface area contributed by atoms with Crippen molar-refractivity contribution in [3.05, 3.63) is 30.0 Å². The summed E-state index contributed by atoms with van der Waals surface area (Å²) in [5.74, 6) is -0.182. The average molecular weight is 303 g/mol. The molecule has 6 heteroatoms. The van der Waals surface area contributed by atoms with E-state index in [9.17, 15) is 9.90 Å². The third-order valence-electron chi connectivity index (χ3n) is 4.56. The maximum Gasteiger partial charge on any atom is 0.275 e. The molecule has 3 atom stereocenters.